The number of hydrogen-bond donors (Lipinski definition) is 1. The lowest BCUT2D eigenvalue weighted by Gasteiger charge is -2.10. The molecule has 1 aromatic heterocycles. The van der Waals surface area contributed by atoms with Gasteiger partial charge in [-0.05, 0) is 23.8 Å². The molecule has 0 saturated carbocycles. The van der Waals surface area contributed by atoms with Crippen molar-refractivity contribution in [3.8, 4) is 11.3 Å². The quantitative estimate of drug-likeness (QED) is 0.504. The monoisotopic (exact) mass is 241 g/mol. The van der Waals surface area contributed by atoms with E-state index >= 15 is 0 Å². The summed E-state index contributed by atoms with van der Waals surface area (Å²) in [4.78, 5) is 15.8. The van der Waals surface area contributed by atoms with Crippen LogP contribution in [0.25, 0.3) is 11.3 Å². The fourth-order valence-electron chi connectivity index (χ4n) is 1.67. The van der Waals surface area contributed by atoms with E-state index in [1.165, 1.54) is 0 Å². The fraction of sp³-hybridized carbons (Fsp3) is 0.143. The summed E-state index contributed by atoms with van der Waals surface area (Å²) in [7, 11) is 1.55. The average molecular weight is 241 g/mol. The predicted molar refractivity (Wildman–Crippen MR) is 70.3 cm³/mol. The molecule has 0 unspecified atom stereocenters. The van der Waals surface area contributed by atoms with Crippen LogP contribution < -0.4 is 5.84 Å². The zero-order chi connectivity index (χ0) is 13.0. The molecule has 0 fully saturated rings. The first-order valence-corrected chi connectivity index (χ1v) is 5.68. The van der Waals surface area contributed by atoms with Crippen molar-refractivity contribution in [1.29, 1.82) is 0 Å². The maximum absolute atomic E-state index is 11.5. The van der Waals surface area contributed by atoms with Crippen molar-refractivity contribution in [2.75, 3.05) is 7.05 Å². The first-order chi connectivity index (χ1) is 8.66. The number of hydrogen-bond acceptors (Lipinski definition) is 3. The Morgan fingerprint density at radius 2 is 2.11 bits per heavy atom. The minimum absolute atomic E-state index is 0.117. The molecule has 0 saturated heterocycles. The number of nitrogens with two attached hydrogens (primary N) is 1. The van der Waals surface area contributed by atoms with E-state index < -0.39 is 0 Å². The minimum Gasteiger partial charge on any atom is -0.284 e. The van der Waals surface area contributed by atoms with Crippen LogP contribution in [0.5, 0.6) is 0 Å². The van der Waals surface area contributed by atoms with Crippen LogP contribution in [0.3, 0.4) is 0 Å². The van der Waals surface area contributed by atoms with Gasteiger partial charge in [-0.3, -0.25) is 14.8 Å². The second-order valence-electron chi connectivity index (χ2n) is 4.10. The highest BCUT2D eigenvalue weighted by Gasteiger charge is 2.07. The van der Waals surface area contributed by atoms with Gasteiger partial charge in [0.15, 0.2) is 0 Å². The van der Waals surface area contributed by atoms with Crippen molar-refractivity contribution in [1.82, 2.24) is 9.99 Å². The summed E-state index contributed by atoms with van der Waals surface area (Å²) >= 11 is 0. The molecule has 92 valence electrons. The van der Waals surface area contributed by atoms with Gasteiger partial charge in [-0.2, -0.15) is 0 Å². The summed E-state index contributed by atoms with van der Waals surface area (Å²) in [6.45, 7) is 0. The molecule has 2 aromatic rings. The molecular weight excluding hydrogens is 226 g/mol. The van der Waals surface area contributed by atoms with E-state index in [9.17, 15) is 4.79 Å². The molecule has 1 heterocycles. The maximum atomic E-state index is 11.5. The molecule has 2 rings (SSSR count). The number of rotatable bonds is 3. The number of carbonyl (C=O) groups excluding carboxylic acids is 1. The minimum atomic E-state index is -0.117. The third kappa shape index (κ3) is 2.93. The van der Waals surface area contributed by atoms with Crippen molar-refractivity contribution < 1.29 is 4.79 Å². The maximum Gasteiger partial charge on any atom is 0.240 e. The van der Waals surface area contributed by atoms with E-state index in [4.69, 9.17) is 5.84 Å². The SMILES string of the molecule is CN(N)C(=O)Cc1cccc(-c2ccccn2)c1. The van der Waals surface area contributed by atoms with Crippen molar-refractivity contribution in [3.63, 3.8) is 0 Å². The Morgan fingerprint density at radius 1 is 1.28 bits per heavy atom. The molecule has 1 amide bonds. The summed E-state index contributed by atoms with van der Waals surface area (Å²) in [6.07, 6.45) is 2.05. The van der Waals surface area contributed by atoms with E-state index in [0.29, 0.717) is 6.42 Å². The van der Waals surface area contributed by atoms with Gasteiger partial charge in [-0.25, -0.2) is 5.84 Å². The summed E-state index contributed by atoms with van der Waals surface area (Å²) in [5.41, 5.74) is 2.83. The van der Waals surface area contributed by atoms with Crippen molar-refractivity contribution in [3.05, 3.63) is 54.2 Å². The van der Waals surface area contributed by atoms with E-state index in [-0.39, 0.29) is 5.91 Å². The molecule has 4 heteroatoms. The molecule has 0 aliphatic heterocycles. The number of benzene rings is 1. The molecule has 1 aromatic carbocycles. The van der Waals surface area contributed by atoms with Crippen LogP contribution in [0.1, 0.15) is 5.56 Å². The molecule has 0 atom stereocenters. The summed E-state index contributed by atoms with van der Waals surface area (Å²) in [5, 5.41) is 1.10. The number of carbonyl (C=O) groups is 1. The zero-order valence-corrected chi connectivity index (χ0v) is 10.2. The first-order valence-electron chi connectivity index (χ1n) is 5.68. The summed E-state index contributed by atoms with van der Waals surface area (Å²) in [5.74, 6) is 5.29. The third-order valence-electron chi connectivity index (χ3n) is 2.64. The molecule has 2 N–H and O–H groups in total. The van der Waals surface area contributed by atoms with E-state index in [2.05, 4.69) is 4.98 Å². The van der Waals surface area contributed by atoms with Gasteiger partial charge >= 0.3 is 0 Å². The largest absolute Gasteiger partial charge is 0.284 e. The molecule has 0 bridgehead atoms. The molecule has 18 heavy (non-hydrogen) atoms. The Morgan fingerprint density at radius 3 is 2.78 bits per heavy atom. The highest BCUT2D eigenvalue weighted by atomic mass is 16.2. The van der Waals surface area contributed by atoms with Gasteiger partial charge in [0.2, 0.25) is 5.91 Å². The van der Waals surface area contributed by atoms with Crippen molar-refractivity contribution in [2.45, 2.75) is 6.42 Å². The number of pyridine rings is 1. The van der Waals surface area contributed by atoms with Gasteiger partial charge in [-0.15, -0.1) is 0 Å². The normalized spacial score (nSPS) is 10.1. The smallest absolute Gasteiger partial charge is 0.240 e. The molecule has 4 nitrogen and oxygen atoms in total. The highest BCUT2D eigenvalue weighted by Crippen LogP contribution is 2.18. The van der Waals surface area contributed by atoms with Crippen LogP contribution >= 0.6 is 0 Å². The first kappa shape index (κ1) is 12.3. The lowest BCUT2D eigenvalue weighted by molar-refractivity contribution is -0.129. The van der Waals surface area contributed by atoms with Crippen molar-refractivity contribution in [2.24, 2.45) is 5.84 Å². The number of nitrogens with zero attached hydrogens (tertiary/aromatic N) is 2. The summed E-state index contributed by atoms with van der Waals surface area (Å²) in [6, 6.07) is 13.5. The molecule has 0 radical (unpaired) electrons. The van der Waals surface area contributed by atoms with Crippen LogP contribution in [-0.2, 0) is 11.2 Å². The Bertz CT molecular complexity index is 538. The standard InChI is InChI=1S/C14H15N3O/c1-17(15)14(18)10-11-5-4-6-12(9-11)13-7-2-3-8-16-13/h2-9H,10,15H2,1H3. The fourth-order valence-corrected chi connectivity index (χ4v) is 1.67. The predicted octanol–water partition coefficient (Wildman–Crippen LogP) is 1.62. The van der Waals surface area contributed by atoms with Gasteiger partial charge in [-0.1, -0.05) is 24.3 Å². The number of hydrazine groups is 1. The van der Waals surface area contributed by atoms with Crippen LogP contribution in [0.4, 0.5) is 0 Å². The average Bonchev–Trinajstić information content (AvgIpc) is 2.40. The van der Waals surface area contributed by atoms with Crippen LogP contribution in [0, 0.1) is 0 Å². The van der Waals surface area contributed by atoms with Gasteiger partial charge in [0.25, 0.3) is 0 Å². The zero-order valence-electron chi connectivity index (χ0n) is 10.2. The van der Waals surface area contributed by atoms with Crippen LogP contribution in [0.15, 0.2) is 48.7 Å². The van der Waals surface area contributed by atoms with E-state index in [1.54, 1.807) is 13.2 Å². The topological polar surface area (TPSA) is 59.2 Å². The Kier molecular flexibility index (Phi) is 3.69. The van der Waals surface area contributed by atoms with Gasteiger partial charge in [0, 0.05) is 18.8 Å². The second kappa shape index (κ2) is 5.42. The summed E-state index contributed by atoms with van der Waals surface area (Å²) < 4.78 is 0. The molecule has 0 aliphatic carbocycles. The van der Waals surface area contributed by atoms with Gasteiger partial charge in [0.1, 0.15) is 0 Å². The lowest BCUT2D eigenvalue weighted by Crippen LogP contribution is -2.34. The lowest BCUT2D eigenvalue weighted by atomic mass is 10.1. The molecule has 0 aliphatic rings. The van der Waals surface area contributed by atoms with E-state index in [0.717, 1.165) is 21.8 Å². The van der Waals surface area contributed by atoms with Gasteiger partial charge < -0.3 is 0 Å². The van der Waals surface area contributed by atoms with Crippen molar-refractivity contribution >= 4 is 5.91 Å². The number of amides is 1. The van der Waals surface area contributed by atoms with Crippen LogP contribution in [-0.4, -0.2) is 22.9 Å². The third-order valence-corrected chi connectivity index (χ3v) is 2.64. The Balaban J connectivity index is 2.23. The van der Waals surface area contributed by atoms with E-state index in [1.807, 2.05) is 42.5 Å². The second-order valence-corrected chi connectivity index (χ2v) is 4.10. The highest BCUT2D eigenvalue weighted by molar-refractivity contribution is 5.78. The molecular formula is C14H15N3O. The van der Waals surface area contributed by atoms with Crippen LogP contribution in [0.2, 0.25) is 0 Å². The number of aromatic nitrogens is 1. The molecule has 0 spiro atoms. The van der Waals surface area contributed by atoms with Gasteiger partial charge in [0.05, 0.1) is 12.1 Å². The number of likely N-dealkylation sites (N-methyl/N-ethyl adjacent to an activating group) is 1. The Hall–Kier alpha value is -2.20. The Labute approximate surface area is 106 Å².